The molecule has 72 valence electrons. The molecular weight excluding hydrogens is 216 g/mol. The number of hydrogen-bond acceptors (Lipinski definition) is 1. The molecule has 0 amide bonds. The Morgan fingerprint density at radius 2 is 2.17 bits per heavy atom. The van der Waals surface area contributed by atoms with Crippen molar-refractivity contribution in [2.75, 3.05) is 12.4 Å². The highest BCUT2D eigenvalue weighted by Crippen LogP contribution is 2.49. The lowest BCUT2D eigenvalue weighted by Gasteiger charge is -2.29. The minimum atomic E-state index is 0.396. The van der Waals surface area contributed by atoms with Gasteiger partial charge in [0.25, 0.3) is 0 Å². The number of hydrogen-bond donors (Lipinski definition) is 0. The van der Waals surface area contributed by atoms with Gasteiger partial charge in [0, 0.05) is 12.4 Å². The molecule has 2 unspecified atom stereocenters. The van der Waals surface area contributed by atoms with E-state index >= 15 is 0 Å². The summed E-state index contributed by atoms with van der Waals surface area (Å²) in [5.74, 6) is 0.939. The van der Waals surface area contributed by atoms with E-state index < -0.39 is 0 Å². The second kappa shape index (κ2) is 4.10. The van der Waals surface area contributed by atoms with E-state index in [1.54, 1.807) is 7.11 Å². The number of ether oxygens (including phenoxy) is 1. The molecule has 2 heteroatoms. The van der Waals surface area contributed by atoms with Gasteiger partial charge in [-0.1, -0.05) is 22.9 Å². The molecule has 12 heavy (non-hydrogen) atoms. The number of alkyl halides is 1. The Balaban J connectivity index is 2.42. The standard InChI is InChI=1S/C10H19BrO/c1-8(12-3)6-10(2,7-11)9-4-5-9/h8-9H,4-7H2,1-3H3. The van der Waals surface area contributed by atoms with Crippen LogP contribution in [-0.4, -0.2) is 18.5 Å². The van der Waals surface area contributed by atoms with Crippen LogP contribution >= 0.6 is 15.9 Å². The zero-order chi connectivity index (χ0) is 9.19. The van der Waals surface area contributed by atoms with Gasteiger partial charge >= 0.3 is 0 Å². The first-order valence-electron chi connectivity index (χ1n) is 4.71. The maximum atomic E-state index is 5.30. The average molecular weight is 235 g/mol. The van der Waals surface area contributed by atoms with Crippen LogP contribution in [0.1, 0.15) is 33.1 Å². The topological polar surface area (TPSA) is 9.23 Å². The van der Waals surface area contributed by atoms with Crippen LogP contribution in [0.2, 0.25) is 0 Å². The van der Waals surface area contributed by atoms with Gasteiger partial charge in [-0.2, -0.15) is 0 Å². The van der Waals surface area contributed by atoms with E-state index in [1.807, 2.05) is 0 Å². The largest absolute Gasteiger partial charge is 0.382 e. The molecule has 2 atom stereocenters. The van der Waals surface area contributed by atoms with Crippen molar-refractivity contribution in [1.29, 1.82) is 0 Å². The monoisotopic (exact) mass is 234 g/mol. The van der Waals surface area contributed by atoms with E-state index in [9.17, 15) is 0 Å². The molecule has 1 fully saturated rings. The van der Waals surface area contributed by atoms with Crippen molar-refractivity contribution in [2.24, 2.45) is 11.3 Å². The summed E-state index contributed by atoms with van der Waals surface area (Å²) in [5.41, 5.74) is 0.468. The summed E-state index contributed by atoms with van der Waals surface area (Å²) in [6.07, 6.45) is 4.41. The Bertz CT molecular complexity index is 145. The minimum Gasteiger partial charge on any atom is -0.382 e. The Hall–Kier alpha value is 0.440. The van der Waals surface area contributed by atoms with Crippen molar-refractivity contribution in [3.8, 4) is 0 Å². The normalized spacial score (nSPS) is 25.0. The molecule has 0 N–H and O–H groups in total. The predicted molar refractivity (Wildman–Crippen MR) is 55.7 cm³/mol. The van der Waals surface area contributed by atoms with Crippen LogP contribution in [-0.2, 0) is 4.74 Å². The van der Waals surface area contributed by atoms with Gasteiger partial charge < -0.3 is 4.74 Å². The van der Waals surface area contributed by atoms with Crippen LogP contribution in [0.15, 0.2) is 0 Å². The molecule has 0 bridgehead atoms. The third-order valence-electron chi connectivity index (χ3n) is 3.02. The van der Waals surface area contributed by atoms with Crippen LogP contribution in [0.25, 0.3) is 0 Å². The summed E-state index contributed by atoms with van der Waals surface area (Å²) in [7, 11) is 1.80. The van der Waals surface area contributed by atoms with Gasteiger partial charge in [0.15, 0.2) is 0 Å². The summed E-state index contributed by atoms with van der Waals surface area (Å²) < 4.78 is 5.30. The SMILES string of the molecule is COC(C)CC(C)(CBr)C1CC1. The van der Waals surface area contributed by atoms with Crippen molar-refractivity contribution in [3.63, 3.8) is 0 Å². The van der Waals surface area contributed by atoms with Crippen molar-refractivity contribution < 1.29 is 4.74 Å². The number of halogens is 1. The lowest BCUT2D eigenvalue weighted by Crippen LogP contribution is -2.26. The fraction of sp³-hybridized carbons (Fsp3) is 1.00. The summed E-state index contributed by atoms with van der Waals surface area (Å²) in [6, 6.07) is 0. The van der Waals surface area contributed by atoms with Gasteiger partial charge in [-0.25, -0.2) is 0 Å². The summed E-state index contributed by atoms with van der Waals surface area (Å²) in [5, 5.41) is 1.11. The van der Waals surface area contributed by atoms with Gasteiger partial charge in [0.05, 0.1) is 6.10 Å². The summed E-state index contributed by atoms with van der Waals surface area (Å²) in [4.78, 5) is 0. The van der Waals surface area contributed by atoms with E-state index in [0.717, 1.165) is 11.2 Å². The molecule has 0 saturated heterocycles. The van der Waals surface area contributed by atoms with Crippen LogP contribution in [0.3, 0.4) is 0 Å². The molecule has 0 aromatic heterocycles. The Kier molecular flexibility index (Phi) is 3.59. The molecule has 1 aliphatic carbocycles. The minimum absolute atomic E-state index is 0.396. The lowest BCUT2D eigenvalue weighted by atomic mass is 9.82. The Morgan fingerprint density at radius 3 is 2.50 bits per heavy atom. The molecule has 0 spiro atoms. The van der Waals surface area contributed by atoms with Gasteiger partial charge in [-0.15, -0.1) is 0 Å². The molecular formula is C10H19BrO. The molecule has 1 aliphatic rings. The first-order valence-corrected chi connectivity index (χ1v) is 5.83. The zero-order valence-corrected chi connectivity index (χ0v) is 9.86. The quantitative estimate of drug-likeness (QED) is 0.665. The summed E-state index contributed by atoms with van der Waals surface area (Å²) in [6.45, 7) is 4.53. The highest BCUT2D eigenvalue weighted by molar-refractivity contribution is 9.09. The first-order chi connectivity index (χ1) is 5.62. The van der Waals surface area contributed by atoms with Crippen molar-refractivity contribution in [3.05, 3.63) is 0 Å². The fourth-order valence-electron chi connectivity index (χ4n) is 1.85. The Morgan fingerprint density at radius 1 is 1.58 bits per heavy atom. The zero-order valence-electron chi connectivity index (χ0n) is 8.27. The van der Waals surface area contributed by atoms with Crippen LogP contribution in [0.4, 0.5) is 0 Å². The molecule has 0 heterocycles. The third kappa shape index (κ3) is 2.46. The van der Waals surface area contributed by atoms with E-state index in [1.165, 1.54) is 19.3 Å². The molecule has 0 aliphatic heterocycles. The molecule has 0 aromatic carbocycles. The third-order valence-corrected chi connectivity index (χ3v) is 4.31. The molecule has 1 nitrogen and oxygen atoms in total. The van der Waals surface area contributed by atoms with Crippen molar-refractivity contribution in [1.82, 2.24) is 0 Å². The number of rotatable bonds is 5. The van der Waals surface area contributed by atoms with Gasteiger partial charge in [-0.05, 0) is 37.5 Å². The van der Waals surface area contributed by atoms with E-state index in [4.69, 9.17) is 4.74 Å². The smallest absolute Gasteiger partial charge is 0.0548 e. The van der Waals surface area contributed by atoms with Crippen molar-refractivity contribution in [2.45, 2.75) is 39.2 Å². The highest BCUT2D eigenvalue weighted by Gasteiger charge is 2.41. The average Bonchev–Trinajstić information content (AvgIpc) is 2.86. The van der Waals surface area contributed by atoms with E-state index in [0.29, 0.717) is 11.5 Å². The molecule has 1 rings (SSSR count). The Labute approximate surface area is 84.0 Å². The van der Waals surface area contributed by atoms with Crippen LogP contribution < -0.4 is 0 Å². The van der Waals surface area contributed by atoms with Crippen molar-refractivity contribution >= 4 is 15.9 Å². The second-order valence-corrected chi connectivity index (χ2v) is 4.87. The highest BCUT2D eigenvalue weighted by atomic mass is 79.9. The molecule has 0 radical (unpaired) electrons. The van der Waals surface area contributed by atoms with E-state index in [2.05, 4.69) is 29.8 Å². The van der Waals surface area contributed by atoms with Gasteiger partial charge in [0.1, 0.15) is 0 Å². The maximum Gasteiger partial charge on any atom is 0.0548 e. The lowest BCUT2D eigenvalue weighted by molar-refractivity contribution is 0.0703. The molecule has 1 saturated carbocycles. The number of methoxy groups -OCH3 is 1. The fourth-order valence-corrected chi connectivity index (χ4v) is 2.54. The maximum absolute atomic E-state index is 5.30. The predicted octanol–water partition coefficient (Wildman–Crippen LogP) is 3.22. The summed E-state index contributed by atoms with van der Waals surface area (Å²) >= 11 is 3.61. The van der Waals surface area contributed by atoms with Gasteiger partial charge in [-0.3, -0.25) is 0 Å². The van der Waals surface area contributed by atoms with Gasteiger partial charge in [0.2, 0.25) is 0 Å². The first kappa shape index (κ1) is 10.5. The molecule has 0 aromatic rings. The van der Waals surface area contributed by atoms with Crippen LogP contribution in [0, 0.1) is 11.3 Å². The second-order valence-electron chi connectivity index (χ2n) is 4.31. The van der Waals surface area contributed by atoms with E-state index in [-0.39, 0.29) is 0 Å². The van der Waals surface area contributed by atoms with Crippen LogP contribution in [0.5, 0.6) is 0 Å².